The molecule has 0 spiro atoms. The number of rotatable bonds is 5. The number of hydrogen-bond donors (Lipinski definition) is 5. The van der Waals surface area contributed by atoms with E-state index in [9.17, 15) is 20.4 Å². The Morgan fingerprint density at radius 1 is 1.09 bits per heavy atom. The second-order valence-electron chi connectivity index (χ2n) is 4.95. The molecule has 1 aromatic carbocycles. The molecule has 0 saturated carbocycles. The molecule has 8 nitrogen and oxygen atoms in total. The van der Waals surface area contributed by atoms with Crippen LogP contribution in [0.5, 0.6) is 11.5 Å². The van der Waals surface area contributed by atoms with Crippen molar-refractivity contribution in [3.63, 3.8) is 0 Å². The predicted octanol–water partition coefficient (Wildman–Crippen LogP) is -1.63. The van der Waals surface area contributed by atoms with Crippen molar-refractivity contribution < 1.29 is 39.7 Å². The standard InChI is InChI=1S/C14H20O8/c1-20-8-3-2-7(5-15)9(4-8)21-14-13(19)12(18)11(17)10(6-16)22-14/h2-4,10-19H,5-6H2,1H3. The zero-order chi connectivity index (χ0) is 16.3. The molecule has 1 heterocycles. The van der Waals surface area contributed by atoms with E-state index in [1.165, 1.54) is 13.2 Å². The normalized spacial score (nSPS) is 31.8. The molecule has 1 aromatic rings. The first-order valence-corrected chi connectivity index (χ1v) is 6.76. The lowest BCUT2D eigenvalue weighted by atomic mass is 9.99. The third-order valence-electron chi connectivity index (χ3n) is 3.54. The lowest BCUT2D eigenvalue weighted by molar-refractivity contribution is -0.277. The smallest absolute Gasteiger partial charge is 0.229 e. The molecule has 0 bridgehead atoms. The van der Waals surface area contributed by atoms with Gasteiger partial charge in [-0.1, -0.05) is 0 Å². The Kier molecular flexibility index (Phi) is 5.57. The quantitative estimate of drug-likeness (QED) is 0.438. The van der Waals surface area contributed by atoms with Crippen molar-refractivity contribution in [1.29, 1.82) is 0 Å². The van der Waals surface area contributed by atoms with Gasteiger partial charge in [-0.3, -0.25) is 0 Å². The Bertz CT molecular complexity index is 492. The number of methoxy groups -OCH3 is 1. The fourth-order valence-electron chi connectivity index (χ4n) is 2.19. The molecule has 1 fully saturated rings. The van der Waals surface area contributed by atoms with E-state index in [0.717, 1.165) is 0 Å². The average molecular weight is 316 g/mol. The number of benzene rings is 1. The van der Waals surface area contributed by atoms with Crippen molar-refractivity contribution in [2.75, 3.05) is 13.7 Å². The first-order valence-electron chi connectivity index (χ1n) is 6.76. The topological polar surface area (TPSA) is 129 Å². The van der Waals surface area contributed by atoms with E-state index in [2.05, 4.69) is 0 Å². The summed E-state index contributed by atoms with van der Waals surface area (Å²) in [6.07, 6.45) is -6.88. The fraction of sp³-hybridized carbons (Fsp3) is 0.571. The van der Waals surface area contributed by atoms with Gasteiger partial charge in [0.2, 0.25) is 6.29 Å². The first kappa shape index (κ1) is 16.9. The third-order valence-corrected chi connectivity index (χ3v) is 3.54. The largest absolute Gasteiger partial charge is 0.497 e. The van der Waals surface area contributed by atoms with Gasteiger partial charge in [-0.25, -0.2) is 0 Å². The maximum atomic E-state index is 9.94. The van der Waals surface area contributed by atoms with Gasteiger partial charge >= 0.3 is 0 Å². The van der Waals surface area contributed by atoms with Gasteiger partial charge in [0.05, 0.1) is 20.3 Å². The van der Waals surface area contributed by atoms with Crippen LogP contribution in [0.4, 0.5) is 0 Å². The van der Waals surface area contributed by atoms with Crippen LogP contribution in [0.2, 0.25) is 0 Å². The Balaban J connectivity index is 2.21. The van der Waals surface area contributed by atoms with E-state index >= 15 is 0 Å². The number of aliphatic hydroxyl groups is 5. The highest BCUT2D eigenvalue weighted by molar-refractivity contribution is 5.40. The maximum absolute atomic E-state index is 9.94. The van der Waals surface area contributed by atoms with Gasteiger partial charge in [0.25, 0.3) is 0 Å². The Morgan fingerprint density at radius 2 is 1.82 bits per heavy atom. The average Bonchev–Trinajstić information content (AvgIpc) is 2.55. The summed E-state index contributed by atoms with van der Waals surface area (Å²) in [5, 5.41) is 47.8. The number of hydrogen-bond acceptors (Lipinski definition) is 8. The molecule has 8 heteroatoms. The predicted molar refractivity (Wildman–Crippen MR) is 73.3 cm³/mol. The second-order valence-corrected chi connectivity index (χ2v) is 4.95. The van der Waals surface area contributed by atoms with E-state index in [0.29, 0.717) is 11.3 Å². The van der Waals surface area contributed by atoms with Gasteiger partial charge in [-0.15, -0.1) is 0 Å². The Labute approximate surface area is 127 Å². The van der Waals surface area contributed by atoms with Crippen molar-refractivity contribution in [3.05, 3.63) is 23.8 Å². The minimum atomic E-state index is -1.53. The van der Waals surface area contributed by atoms with E-state index in [-0.39, 0.29) is 12.4 Å². The van der Waals surface area contributed by atoms with Crippen molar-refractivity contribution in [2.45, 2.75) is 37.3 Å². The lowest BCUT2D eigenvalue weighted by Gasteiger charge is -2.39. The van der Waals surface area contributed by atoms with Crippen LogP contribution in [0, 0.1) is 0 Å². The van der Waals surface area contributed by atoms with Crippen LogP contribution >= 0.6 is 0 Å². The molecule has 5 N–H and O–H groups in total. The summed E-state index contributed by atoms with van der Waals surface area (Å²) in [6.45, 7) is -0.855. The maximum Gasteiger partial charge on any atom is 0.229 e. The summed E-state index contributed by atoms with van der Waals surface area (Å²) in [4.78, 5) is 0. The highest BCUT2D eigenvalue weighted by Gasteiger charge is 2.44. The highest BCUT2D eigenvalue weighted by atomic mass is 16.7. The van der Waals surface area contributed by atoms with Crippen LogP contribution < -0.4 is 9.47 Å². The molecule has 124 valence electrons. The minimum Gasteiger partial charge on any atom is -0.497 e. The lowest BCUT2D eigenvalue weighted by Crippen LogP contribution is -2.60. The zero-order valence-electron chi connectivity index (χ0n) is 12.0. The minimum absolute atomic E-state index is 0.200. The summed E-state index contributed by atoms with van der Waals surface area (Å²) in [6, 6.07) is 4.71. The molecule has 22 heavy (non-hydrogen) atoms. The summed E-state index contributed by atoms with van der Waals surface area (Å²) in [5.74, 6) is 0.669. The van der Waals surface area contributed by atoms with Gasteiger partial charge < -0.3 is 39.7 Å². The van der Waals surface area contributed by atoms with E-state index in [1.54, 1.807) is 12.1 Å². The Hall–Kier alpha value is -1.42. The van der Waals surface area contributed by atoms with Crippen molar-refractivity contribution in [2.24, 2.45) is 0 Å². The van der Waals surface area contributed by atoms with Crippen LogP contribution in [0.25, 0.3) is 0 Å². The Morgan fingerprint density at radius 3 is 2.41 bits per heavy atom. The number of aliphatic hydroxyl groups excluding tert-OH is 5. The van der Waals surface area contributed by atoms with Crippen LogP contribution in [0.1, 0.15) is 5.56 Å². The van der Waals surface area contributed by atoms with Crippen molar-refractivity contribution in [3.8, 4) is 11.5 Å². The molecule has 5 atom stereocenters. The molecular formula is C14H20O8. The van der Waals surface area contributed by atoms with Gasteiger partial charge in [0, 0.05) is 11.6 Å². The van der Waals surface area contributed by atoms with Crippen LogP contribution in [-0.4, -0.2) is 70.0 Å². The molecule has 0 aliphatic carbocycles. The van der Waals surface area contributed by atoms with E-state index in [1.807, 2.05) is 0 Å². The third kappa shape index (κ3) is 3.32. The summed E-state index contributed by atoms with van der Waals surface area (Å²) in [7, 11) is 1.46. The first-order chi connectivity index (χ1) is 10.5. The summed E-state index contributed by atoms with van der Waals surface area (Å²) < 4.78 is 15.8. The van der Waals surface area contributed by atoms with Crippen LogP contribution in [-0.2, 0) is 11.3 Å². The van der Waals surface area contributed by atoms with Gasteiger partial charge in [-0.2, -0.15) is 0 Å². The van der Waals surface area contributed by atoms with Gasteiger partial charge in [-0.05, 0) is 12.1 Å². The molecule has 0 aromatic heterocycles. The van der Waals surface area contributed by atoms with Crippen molar-refractivity contribution >= 4 is 0 Å². The zero-order valence-corrected chi connectivity index (χ0v) is 12.0. The number of ether oxygens (including phenoxy) is 3. The van der Waals surface area contributed by atoms with Crippen molar-refractivity contribution in [1.82, 2.24) is 0 Å². The van der Waals surface area contributed by atoms with E-state index in [4.69, 9.17) is 19.3 Å². The molecule has 5 unspecified atom stereocenters. The molecular weight excluding hydrogens is 296 g/mol. The second kappa shape index (κ2) is 7.23. The summed E-state index contributed by atoms with van der Waals surface area (Å²) in [5.41, 5.74) is 0.428. The van der Waals surface area contributed by atoms with Gasteiger partial charge in [0.1, 0.15) is 35.9 Å². The van der Waals surface area contributed by atoms with Gasteiger partial charge in [0.15, 0.2) is 0 Å². The molecule has 1 aliphatic heterocycles. The molecule has 1 aliphatic rings. The van der Waals surface area contributed by atoms with Crippen LogP contribution in [0.15, 0.2) is 18.2 Å². The fourth-order valence-corrected chi connectivity index (χ4v) is 2.19. The molecule has 0 amide bonds. The highest BCUT2D eigenvalue weighted by Crippen LogP contribution is 2.29. The molecule has 0 radical (unpaired) electrons. The van der Waals surface area contributed by atoms with Crippen LogP contribution in [0.3, 0.4) is 0 Å². The molecule has 1 saturated heterocycles. The molecule has 2 rings (SSSR count). The van der Waals surface area contributed by atoms with E-state index < -0.39 is 37.3 Å². The monoisotopic (exact) mass is 316 g/mol. The SMILES string of the molecule is COc1ccc(CO)c(OC2OC(CO)C(O)C(O)C2O)c1. The summed E-state index contributed by atoms with van der Waals surface area (Å²) >= 11 is 0.